The molecular formula is C21H20N4O4. The molecule has 0 fully saturated rings. The van der Waals surface area contributed by atoms with Crippen LogP contribution in [0.25, 0.3) is 0 Å². The van der Waals surface area contributed by atoms with Crippen LogP contribution in [0.4, 0.5) is 5.69 Å². The van der Waals surface area contributed by atoms with Crippen molar-refractivity contribution in [2.24, 2.45) is 7.05 Å². The topological polar surface area (TPSA) is 113 Å². The maximum Gasteiger partial charge on any atom is 0.313 e. The summed E-state index contributed by atoms with van der Waals surface area (Å²) in [6.07, 6.45) is 2.30. The Bertz CT molecular complexity index is 1010. The Hall–Kier alpha value is -3.78. The molecule has 1 aromatic heterocycles. The molecule has 0 aliphatic heterocycles. The summed E-state index contributed by atoms with van der Waals surface area (Å²) in [7, 11) is 1.72. The number of anilines is 1. The molecule has 0 radical (unpaired) electrons. The summed E-state index contributed by atoms with van der Waals surface area (Å²) in [5.74, 6) is -1.68. The van der Waals surface area contributed by atoms with Crippen molar-refractivity contribution in [3.8, 4) is 0 Å². The first-order chi connectivity index (χ1) is 14.0. The van der Waals surface area contributed by atoms with Crippen molar-refractivity contribution >= 4 is 23.3 Å². The van der Waals surface area contributed by atoms with Crippen molar-refractivity contribution in [1.82, 2.24) is 14.9 Å². The van der Waals surface area contributed by atoms with E-state index in [1.165, 1.54) is 18.3 Å². The Morgan fingerprint density at radius 3 is 2.34 bits per heavy atom. The number of ketones is 1. The summed E-state index contributed by atoms with van der Waals surface area (Å²) >= 11 is 0. The summed E-state index contributed by atoms with van der Waals surface area (Å²) in [4.78, 5) is 40.4. The van der Waals surface area contributed by atoms with E-state index in [-0.39, 0.29) is 12.3 Å². The monoisotopic (exact) mass is 392 g/mol. The molecule has 0 saturated heterocycles. The Morgan fingerprint density at radius 2 is 1.72 bits per heavy atom. The number of nitrogens with zero attached hydrogens (tertiary/aromatic N) is 2. The Labute approximate surface area is 167 Å². The third kappa shape index (κ3) is 4.94. The average Bonchev–Trinajstić information content (AvgIpc) is 3.18. The molecule has 2 amide bonds. The van der Waals surface area contributed by atoms with Gasteiger partial charge in [0.15, 0.2) is 5.82 Å². The molecule has 3 rings (SSSR count). The van der Waals surface area contributed by atoms with Gasteiger partial charge in [-0.3, -0.25) is 14.4 Å². The number of nitrogens with one attached hydrogen (secondary N) is 2. The molecular weight excluding hydrogens is 372 g/mol. The van der Waals surface area contributed by atoms with Crippen molar-refractivity contribution in [2.75, 3.05) is 11.9 Å². The first kappa shape index (κ1) is 20.0. The lowest BCUT2D eigenvalue weighted by atomic mass is 10.1. The van der Waals surface area contributed by atoms with Crippen molar-refractivity contribution in [3.63, 3.8) is 0 Å². The standard InChI is InChI=1S/C21H20N4O4/c1-25-12-11-22-19(25)18(27)15-7-9-16(10-8-15)24-21(29)20(28)23-13-17(26)14-5-3-2-4-6-14/h2-12,17,26H,13H2,1H3,(H,23,28)(H,24,29)/t17-/m1/s1. The number of amides is 2. The van der Waals surface area contributed by atoms with E-state index in [2.05, 4.69) is 15.6 Å². The average molecular weight is 392 g/mol. The lowest BCUT2D eigenvalue weighted by molar-refractivity contribution is -0.136. The number of aliphatic hydroxyl groups excluding tert-OH is 1. The van der Waals surface area contributed by atoms with Crippen LogP contribution in [0.2, 0.25) is 0 Å². The molecule has 148 valence electrons. The second-order valence-electron chi connectivity index (χ2n) is 6.36. The van der Waals surface area contributed by atoms with Crippen LogP contribution in [0.15, 0.2) is 67.0 Å². The quantitative estimate of drug-likeness (QED) is 0.434. The second-order valence-corrected chi connectivity index (χ2v) is 6.36. The van der Waals surface area contributed by atoms with E-state index in [0.717, 1.165) is 0 Å². The van der Waals surface area contributed by atoms with E-state index in [9.17, 15) is 19.5 Å². The molecule has 0 saturated carbocycles. The molecule has 0 aliphatic carbocycles. The van der Waals surface area contributed by atoms with Gasteiger partial charge in [0, 0.05) is 37.2 Å². The van der Waals surface area contributed by atoms with Gasteiger partial charge in [0.25, 0.3) is 0 Å². The molecule has 0 bridgehead atoms. The Morgan fingerprint density at radius 1 is 1.03 bits per heavy atom. The third-order valence-electron chi connectivity index (χ3n) is 4.28. The van der Waals surface area contributed by atoms with Crippen LogP contribution >= 0.6 is 0 Å². The number of aliphatic hydroxyl groups is 1. The number of benzene rings is 2. The largest absolute Gasteiger partial charge is 0.387 e. The summed E-state index contributed by atoms with van der Waals surface area (Å²) in [6.45, 7) is -0.0899. The van der Waals surface area contributed by atoms with E-state index in [4.69, 9.17) is 0 Å². The van der Waals surface area contributed by atoms with Crippen LogP contribution < -0.4 is 10.6 Å². The van der Waals surface area contributed by atoms with Gasteiger partial charge in [-0.2, -0.15) is 0 Å². The van der Waals surface area contributed by atoms with Crippen molar-refractivity contribution < 1.29 is 19.5 Å². The van der Waals surface area contributed by atoms with Crippen molar-refractivity contribution in [3.05, 3.63) is 83.9 Å². The van der Waals surface area contributed by atoms with Gasteiger partial charge in [-0.25, -0.2) is 4.98 Å². The molecule has 1 heterocycles. The predicted octanol–water partition coefficient (Wildman–Crippen LogP) is 1.44. The fourth-order valence-electron chi connectivity index (χ4n) is 2.67. The first-order valence-electron chi connectivity index (χ1n) is 8.90. The second kappa shape index (κ2) is 8.94. The van der Waals surface area contributed by atoms with Crippen LogP contribution in [0.5, 0.6) is 0 Å². The summed E-state index contributed by atoms with van der Waals surface area (Å²) in [6, 6.07) is 15.0. The van der Waals surface area contributed by atoms with E-state index < -0.39 is 17.9 Å². The fraction of sp³-hybridized carbons (Fsp3) is 0.143. The highest BCUT2D eigenvalue weighted by atomic mass is 16.3. The zero-order valence-electron chi connectivity index (χ0n) is 15.7. The minimum atomic E-state index is -0.913. The molecule has 1 atom stereocenters. The highest BCUT2D eigenvalue weighted by molar-refractivity contribution is 6.39. The number of aromatic nitrogens is 2. The highest BCUT2D eigenvalue weighted by Crippen LogP contribution is 2.13. The van der Waals surface area contributed by atoms with E-state index in [1.807, 2.05) is 6.07 Å². The van der Waals surface area contributed by atoms with Crippen LogP contribution in [0.1, 0.15) is 27.8 Å². The van der Waals surface area contributed by atoms with Gasteiger partial charge in [0.05, 0.1) is 6.10 Å². The molecule has 3 N–H and O–H groups in total. The molecule has 29 heavy (non-hydrogen) atoms. The molecule has 8 nitrogen and oxygen atoms in total. The molecule has 0 aliphatic rings. The minimum absolute atomic E-state index is 0.0899. The van der Waals surface area contributed by atoms with E-state index in [1.54, 1.807) is 54.2 Å². The normalized spacial score (nSPS) is 11.5. The van der Waals surface area contributed by atoms with Gasteiger partial charge >= 0.3 is 11.8 Å². The maximum absolute atomic E-state index is 12.4. The highest BCUT2D eigenvalue weighted by Gasteiger charge is 2.17. The zero-order valence-corrected chi connectivity index (χ0v) is 15.7. The van der Waals surface area contributed by atoms with Gasteiger partial charge in [-0.1, -0.05) is 30.3 Å². The Kier molecular flexibility index (Phi) is 6.16. The maximum atomic E-state index is 12.4. The van der Waals surface area contributed by atoms with Gasteiger partial charge in [-0.05, 0) is 29.8 Å². The predicted molar refractivity (Wildman–Crippen MR) is 106 cm³/mol. The fourth-order valence-corrected chi connectivity index (χ4v) is 2.67. The van der Waals surface area contributed by atoms with Crippen LogP contribution in [0, 0.1) is 0 Å². The molecule has 8 heteroatoms. The van der Waals surface area contributed by atoms with Crippen LogP contribution in [-0.2, 0) is 16.6 Å². The molecule has 2 aromatic carbocycles. The summed E-state index contributed by atoms with van der Waals surface area (Å²) in [5.41, 5.74) is 1.42. The SMILES string of the molecule is Cn1ccnc1C(=O)c1ccc(NC(=O)C(=O)NC[C@@H](O)c2ccccc2)cc1. The lowest BCUT2D eigenvalue weighted by Gasteiger charge is -2.12. The van der Waals surface area contributed by atoms with Crippen LogP contribution in [-0.4, -0.2) is 38.8 Å². The zero-order chi connectivity index (χ0) is 20.8. The number of rotatable bonds is 6. The van der Waals surface area contributed by atoms with Gasteiger partial charge < -0.3 is 20.3 Å². The number of carbonyl (C=O) groups is 3. The smallest absolute Gasteiger partial charge is 0.313 e. The minimum Gasteiger partial charge on any atom is -0.387 e. The summed E-state index contributed by atoms with van der Waals surface area (Å²) < 4.78 is 1.62. The number of hydrogen-bond donors (Lipinski definition) is 3. The van der Waals surface area contributed by atoms with Crippen molar-refractivity contribution in [1.29, 1.82) is 0 Å². The van der Waals surface area contributed by atoms with Gasteiger partial charge in [-0.15, -0.1) is 0 Å². The number of aryl methyl sites for hydroxylation is 1. The number of hydrogen-bond acceptors (Lipinski definition) is 5. The van der Waals surface area contributed by atoms with Gasteiger partial charge in [0.2, 0.25) is 5.78 Å². The van der Waals surface area contributed by atoms with Crippen molar-refractivity contribution in [2.45, 2.75) is 6.10 Å². The Balaban J connectivity index is 1.54. The van der Waals surface area contributed by atoms with E-state index in [0.29, 0.717) is 22.6 Å². The molecule has 0 spiro atoms. The van der Waals surface area contributed by atoms with Crippen LogP contribution in [0.3, 0.4) is 0 Å². The lowest BCUT2D eigenvalue weighted by Crippen LogP contribution is -2.37. The molecule has 3 aromatic rings. The number of carbonyl (C=O) groups excluding carboxylic acids is 3. The van der Waals surface area contributed by atoms with E-state index >= 15 is 0 Å². The molecule has 0 unspecified atom stereocenters. The third-order valence-corrected chi connectivity index (χ3v) is 4.28. The number of imidazole rings is 1. The summed E-state index contributed by atoms with van der Waals surface area (Å²) in [5, 5.41) is 14.9. The van der Waals surface area contributed by atoms with Gasteiger partial charge in [0.1, 0.15) is 0 Å². The first-order valence-corrected chi connectivity index (χ1v) is 8.90.